The average molecular weight is 401 g/mol. The lowest BCUT2D eigenvalue weighted by molar-refractivity contribution is 0.102. The van der Waals surface area contributed by atoms with Crippen molar-refractivity contribution in [2.45, 2.75) is 27.3 Å². The molecule has 28 heavy (non-hydrogen) atoms. The molecule has 0 bridgehead atoms. The van der Waals surface area contributed by atoms with Gasteiger partial charge < -0.3 is 14.8 Å². The smallest absolute Gasteiger partial charge is 0.268 e. The Balaban J connectivity index is 1.84. The van der Waals surface area contributed by atoms with Gasteiger partial charge >= 0.3 is 0 Å². The molecule has 1 amide bonds. The number of carbonyl (C=O) groups is 1. The van der Waals surface area contributed by atoms with E-state index in [1.165, 1.54) is 11.3 Å². The summed E-state index contributed by atoms with van der Waals surface area (Å²) in [6.45, 7) is 6.79. The van der Waals surface area contributed by atoms with Crippen molar-refractivity contribution < 1.29 is 14.3 Å². The first-order chi connectivity index (χ1) is 13.4. The SMILES string of the molecule is COc1ccc(-c2nc(C)c(C(=O)Nc3ccnn3CC(C)C)s2)cc1OC. The highest BCUT2D eigenvalue weighted by Gasteiger charge is 2.19. The van der Waals surface area contributed by atoms with Gasteiger partial charge in [-0.3, -0.25) is 4.79 Å². The summed E-state index contributed by atoms with van der Waals surface area (Å²) < 4.78 is 12.4. The van der Waals surface area contributed by atoms with Crippen molar-refractivity contribution in [3.8, 4) is 22.1 Å². The number of aromatic nitrogens is 3. The van der Waals surface area contributed by atoms with Crippen LogP contribution in [0.3, 0.4) is 0 Å². The second kappa shape index (κ2) is 8.43. The van der Waals surface area contributed by atoms with Crippen LogP contribution in [0.1, 0.15) is 29.2 Å². The zero-order chi connectivity index (χ0) is 20.3. The number of nitrogens with one attached hydrogen (secondary N) is 1. The predicted octanol–water partition coefficient (Wildman–Crippen LogP) is 4.24. The monoisotopic (exact) mass is 400 g/mol. The van der Waals surface area contributed by atoms with Gasteiger partial charge in [0.1, 0.15) is 15.7 Å². The lowest BCUT2D eigenvalue weighted by atomic mass is 10.2. The van der Waals surface area contributed by atoms with Crippen LogP contribution in [0.5, 0.6) is 11.5 Å². The molecule has 7 nitrogen and oxygen atoms in total. The molecule has 8 heteroatoms. The first-order valence-electron chi connectivity index (χ1n) is 8.96. The van der Waals surface area contributed by atoms with Gasteiger partial charge in [-0.05, 0) is 31.0 Å². The van der Waals surface area contributed by atoms with Crippen molar-refractivity contribution in [3.05, 3.63) is 41.0 Å². The van der Waals surface area contributed by atoms with Crippen molar-refractivity contribution in [3.63, 3.8) is 0 Å². The number of hydrogen-bond donors (Lipinski definition) is 1. The Morgan fingerprint density at radius 1 is 1.21 bits per heavy atom. The van der Waals surface area contributed by atoms with Crippen LogP contribution in [0, 0.1) is 12.8 Å². The van der Waals surface area contributed by atoms with Crippen molar-refractivity contribution in [2.24, 2.45) is 5.92 Å². The third-order valence-corrected chi connectivity index (χ3v) is 5.33. The molecular weight excluding hydrogens is 376 g/mol. The second-order valence-electron chi connectivity index (χ2n) is 6.75. The molecule has 2 heterocycles. The first-order valence-corrected chi connectivity index (χ1v) is 9.77. The van der Waals surface area contributed by atoms with Gasteiger partial charge in [-0.15, -0.1) is 11.3 Å². The number of amides is 1. The number of carbonyl (C=O) groups excluding carboxylic acids is 1. The maximum atomic E-state index is 12.8. The molecule has 0 radical (unpaired) electrons. The standard InChI is InChI=1S/C20H24N4O3S/c1-12(2)11-24-17(8-9-21-24)23-19(25)18-13(3)22-20(28-18)14-6-7-15(26-4)16(10-14)27-5/h6-10,12H,11H2,1-5H3,(H,23,25). The van der Waals surface area contributed by atoms with Crippen molar-refractivity contribution in [1.29, 1.82) is 0 Å². The molecule has 0 aliphatic rings. The number of methoxy groups -OCH3 is 2. The first kappa shape index (κ1) is 19.9. The molecule has 0 aliphatic carbocycles. The van der Waals surface area contributed by atoms with Crippen LogP contribution in [0.25, 0.3) is 10.6 Å². The molecule has 0 spiro atoms. The fraction of sp³-hybridized carbons (Fsp3) is 0.350. The maximum Gasteiger partial charge on any atom is 0.268 e. The number of benzene rings is 1. The Morgan fingerprint density at radius 3 is 2.64 bits per heavy atom. The number of aryl methyl sites for hydroxylation is 1. The van der Waals surface area contributed by atoms with E-state index in [-0.39, 0.29) is 5.91 Å². The van der Waals surface area contributed by atoms with Gasteiger partial charge in [-0.1, -0.05) is 13.8 Å². The molecule has 0 unspecified atom stereocenters. The second-order valence-corrected chi connectivity index (χ2v) is 7.75. The minimum absolute atomic E-state index is 0.188. The molecule has 0 aliphatic heterocycles. The third-order valence-electron chi connectivity index (χ3n) is 4.13. The van der Waals surface area contributed by atoms with E-state index in [0.29, 0.717) is 33.8 Å². The summed E-state index contributed by atoms with van der Waals surface area (Å²) in [5, 5.41) is 7.97. The highest BCUT2D eigenvalue weighted by molar-refractivity contribution is 7.17. The minimum Gasteiger partial charge on any atom is -0.493 e. The Kier molecular flexibility index (Phi) is 5.99. The van der Waals surface area contributed by atoms with Crippen LogP contribution in [-0.2, 0) is 6.54 Å². The van der Waals surface area contributed by atoms with Gasteiger partial charge in [-0.2, -0.15) is 5.10 Å². The molecule has 0 atom stereocenters. The van der Waals surface area contributed by atoms with E-state index < -0.39 is 0 Å². The largest absolute Gasteiger partial charge is 0.493 e. The number of ether oxygens (including phenoxy) is 2. The highest BCUT2D eigenvalue weighted by atomic mass is 32.1. The van der Waals surface area contributed by atoms with Gasteiger partial charge in [-0.25, -0.2) is 9.67 Å². The van der Waals surface area contributed by atoms with Crippen LogP contribution in [0.2, 0.25) is 0 Å². The van der Waals surface area contributed by atoms with Crippen LogP contribution in [0.15, 0.2) is 30.5 Å². The van der Waals surface area contributed by atoms with Crippen molar-refractivity contribution in [2.75, 3.05) is 19.5 Å². The van der Waals surface area contributed by atoms with E-state index in [9.17, 15) is 4.79 Å². The number of nitrogens with zero attached hydrogens (tertiary/aromatic N) is 3. The zero-order valence-corrected chi connectivity index (χ0v) is 17.5. The Morgan fingerprint density at radius 2 is 1.96 bits per heavy atom. The maximum absolute atomic E-state index is 12.8. The van der Waals surface area contributed by atoms with E-state index in [4.69, 9.17) is 9.47 Å². The summed E-state index contributed by atoms with van der Waals surface area (Å²) in [7, 11) is 3.19. The quantitative estimate of drug-likeness (QED) is 0.642. The Labute approximate surface area is 168 Å². The Bertz CT molecular complexity index is 978. The third kappa shape index (κ3) is 4.17. The normalized spacial score (nSPS) is 10.9. The molecule has 0 fully saturated rings. The lowest BCUT2D eigenvalue weighted by Crippen LogP contribution is -2.17. The molecule has 3 aromatic rings. The van der Waals surface area contributed by atoms with Crippen molar-refractivity contribution >= 4 is 23.1 Å². The summed E-state index contributed by atoms with van der Waals surface area (Å²) in [5.74, 6) is 2.19. The minimum atomic E-state index is -0.188. The number of rotatable bonds is 7. The van der Waals surface area contributed by atoms with Crippen LogP contribution < -0.4 is 14.8 Å². The van der Waals surface area contributed by atoms with Crippen molar-refractivity contribution in [1.82, 2.24) is 14.8 Å². The summed E-state index contributed by atoms with van der Waals surface area (Å²) in [5.41, 5.74) is 1.55. The molecule has 1 aromatic carbocycles. The van der Waals surface area contributed by atoms with E-state index in [2.05, 4.69) is 29.2 Å². The molecule has 0 saturated heterocycles. The molecule has 1 N–H and O–H groups in total. The predicted molar refractivity (Wildman–Crippen MR) is 110 cm³/mol. The fourth-order valence-corrected chi connectivity index (χ4v) is 3.76. The topological polar surface area (TPSA) is 78.3 Å². The Hall–Kier alpha value is -2.87. The summed E-state index contributed by atoms with van der Waals surface area (Å²) in [6.07, 6.45) is 1.69. The summed E-state index contributed by atoms with van der Waals surface area (Å²) in [4.78, 5) is 18.0. The van der Waals surface area contributed by atoms with Gasteiger partial charge in [0.15, 0.2) is 11.5 Å². The van der Waals surface area contributed by atoms with Crippen LogP contribution >= 0.6 is 11.3 Å². The number of hydrogen-bond acceptors (Lipinski definition) is 6. The van der Waals surface area contributed by atoms with E-state index in [1.807, 2.05) is 25.1 Å². The highest BCUT2D eigenvalue weighted by Crippen LogP contribution is 2.35. The summed E-state index contributed by atoms with van der Waals surface area (Å²) in [6, 6.07) is 7.39. The van der Waals surface area contributed by atoms with E-state index >= 15 is 0 Å². The molecular formula is C20H24N4O3S. The zero-order valence-electron chi connectivity index (χ0n) is 16.6. The van der Waals surface area contributed by atoms with Gasteiger partial charge in [0.2, 0.25) is 0 Å². The van der Waals surface area contributed by atoms with Gasteiger partial charge in [0, 0.05) is 18.2 Å². The van der Waals surface area contributed by atoms with Gasteiger partial charge in [0.25, 0.3) is 5.91 Å². The number of anilines is 1. The lowest BCUT2D eigenvalue weighted by Gasteiger charge is -2.10. The molecule has 148 valence electrons. The van der Waals surface area contributed by atoms with Crippen LogP contribution in [-0.4, -0.2) is 34.9 Å². The average Bonchev–Trinajstić information content (AvgIpc) is 3.27. The molecule has 2 aromatic heterocycles. The molecule has 3 rings (SSSR count). The van der Waals surface area contributed by atoms with E-state index in [1.54, 1.807) is 31.2 Å². The fourth-order valence-electron chi connectivity index (χ4n) is 2.80. The molecule has 0 saturated carbocycles. The van der Waals surface area contributed by atoms with Crippen LogP contribution in [0.4, 0.5) is 5.82 Å². The van der Waals surface area contributed by atoms with E-state index in [0.717, 1.165) is 17.1 Å². The van der Waals surface area contributed by atoms with Gasteiger partial charge in [0.05, 0.1) is 26.1 Å². The summed E-state index contributed by atoms with van der Waals surface area (Å²) >= 11 is 1.35. The number of thiazole rings is 1.